The third-order valence-electron chi connectivity index (χ3n) is 4.09. The van der Waals surface area contributed by atoms with Gasteiger partial charge in [0.25, 0.3) is 0 Å². The van der Waals surface area contributed by atoms with Crippen LogP contribution in [0, 0.1) is 5.92 Å². The molecule has 1 aliphatic carbocycles. The van der Waals surface area contributed by atoms with Crippen molar-refractivity contribution in [2.45, 2.75) is 43.9 Å². The van der Waals surface area contributed by atoms with Gasteiger partial charge >= 0.3 is 0 Å². The van der Waals surface area contributed by atoms with Gasteiger partial charge in [0.15, 0.2) is 0 Å². The third-order valence-corrected chi connectivity index (χ3v) is 7.18. The lowest BCUT2D eigenvalue weighted by atomic mass is 9.83. The number of halogens is 1. The summed E-state index contributed by atoms with van der Waals surface area (Å²) in [5.41, 5.74) is 0. The zero-order chi connectivity index (χ0) is 14.8. The Labute approximate surface area is 130 Å². The standard InChI is InChI=1S/C14H22ClNO2S2/c1-3-16-13(14-12(15)7-8-19-14)10-5-4-6-11(9-10)20(2,17)18/h7-8,10-11,13,16H,3-6,9H2,1-2H3. The largest absolute Gasteiger partial charge is 0.309 e. The lowest BCUT2D eigenvalue weighted by molar-refractivity contribution is 0.278. The molecule has 1 aliphatic rings. The highest BCUT2D eigenvalue weighted by atomic mass is 35.5. The highest BCUT2D eigenvalue weighted by molar-refractivity contribution is 7.91. The van der Waals surface area contributed by atoms with Crippen LogP contribution in [-0.4, -0.2) is 26.5 Å². The predicted molar refractivity (Wildman–Crippen MR) is 86.3 cm³/mol. The molecule has 0 spiro atoms. The summed E-state index contributed by atoms with van der Waals surface area (Å²) in [7, 11) is -2.94. The zero-order valence-electron chi connectivity index (χ0n) is 11.9. The average Bonchev–Trinajstić information content (AvgIpc) is 2.81. The van der Waals surface area contributed by atoms with Crippen molar-refractivity contribution in [3.8, 4) is 0 Å². The summed E-state index contributed by atoms with van der Waals surface area (Å²) >= 11 is 7.92. The van der Waals surface area contributed by atoms with Gasteiger partial charge in [-0.2, -0.15) is 0 Å². The topological polar surface area (TPSA) is 46.2 Å². The zero-order valence-corrected chi connectivity index (χ0v) is 14.3. The molecule has 3 nitrogen and oxygen atoms in total. The highest BCUT2D eigenvalue weighted by Gasteiger charge is 2.34. The van der Waals surface area contributed by atoms with E-state index in [1.54, 1.807) is 11.3 Å². The lowest BCUT2D eigenvalue weighted by Crippen LogP contribution is -2.35. The van der Waals surface area contributed by atoms with Gasteiger partial charge < -0.3 is 5.32 Å². The van der Waals surface area contributed by atoms with E-state index in [-0.39, 0.29) is 11.3 Å². The number of thiophene rings is 1. The van der Waals surface area contributed by atoms with Crippen LogP contribution in [0.4, 0.5) is 0 Å². The van der Waals surface area contributed by atoms with E-state index >= 15 is 0 Å². The number of nitrogens with one attached hydrogen (secondary N) is 1. The van der Waals surface area contributed by atoms with E-state index in [1.165, 1.54) is 6.26 Å². The summed E-state index contributed by atoms with van der Waals surface area (Å²) in [6, 6.07) is 2.10. The Balaban J connectivity index is 2.19. The van der Waals surface area contributed by atoms with Crippen molar-refractivity contribution in [3.05, 3.63) is 21.3 Å². The van der Waals surface area contributed by atoms with Gasteiger partial charge in [0, 0.05) is 17.2 Å². The van der Waals surface area contributed by atoms with Crippen LogP contribution in [0.5, 0.6) is 0 Å². The van der Waals surface area contributed by atoms with Crippen molar-refractivity contribution < 1.29 is 8.42 Å². The van der Waals surface area contributed by atoms with Gasteiger partial charge in [-0.15, -0.1) is 11.3 Å². The van der Waals surface area contributed by atoms with Crippen molar-refractivity contribution in [3.63, 3.8) is 0 Å². The van der Waals surface area contributed by atoms with Gasteiger partial charge in [-0.05, 0) is 43.2 Å². The van der Waals surface area contributed by atoms with E-state index in [2.05, 4.69) is 12.2 Å². The van der Waals surface area contributed by atoms with Crippen LogP contribution in [0.1, 0.15) is 43.5 Å². The molecule has 1 aromatic rings. The molecule has 0 aliphatic heterocycles. The maximum absolute atomic E-state index is 11.8. The molecule has 1 aromatic heterocycles. The number of hydrogen-bond donors (Lipinski definition) is 1. The predicted octanol–water partition coefficient (Wildman–Crippen LogP) is 3.66. The van der Waals surface area contributed by atoms with Crippen LogP contribution in [0.3, 0.4) is 0 Å². The Morgan fingerprint density at radius 1 is 1.50 bits per heavy atom. The van der Waals surface area contributed by atoms with Gasteiger partial charge in [-0.1, -0.05) is 24.9 Å². The Bertz CT molecular complexity index is 541. The van der Waals surface area contributed by atoms with Crippen LogP contribution in [0.2, 0.25) is 5.02 Å². The number of sulfone groups is 1. The Kier molecular flexibility index (Phi) is 5.51. The molecule has 3 unspecified atom stereocenters. The number of hydrogen-bond acceptors (Lipinski definition) is 4. The van der Waals surface area contributed by atoms with Crippen molar-refractivity contribution >= 4 is 32.8 Å². The van der Waals surface area contributed by atoms with E-state index < -0.39 is 9.84 Å². The maximum atomic E-state index is 11.8. The van der Waals surface area contributed by atoms with E-state index in [1.807, 2.05) is 11.4 Å². The van der Waals surface area contributed by atoms with Crippen molar-refractivity contribution in [2.24, 2.45) is 5.92 Å². The Morgan fingerprint density at radius 3 is 2.80 bits per heavy atom. The van der Waals surface area contributed by atoms with Crippen molar-refractivity contribution in [2.75, 3.05) is 12.8 Å². The second-order valence-corrected chi connectivity index (χ2v) is 9.23. The lowest BCUT2D eigenvalue weighted by Gasteiger charge is -2.34. The summed E-state index contributed by atoms with van der Waals surface area (Å²) in [6.07, 6.45) is 4.95. The number of rotatable bonds is 5. The quantitative estimate of drug-likeness (QED) is 0.893. The van der Waals surface area contributed by atoms with Gasteiger partial charge in [-0.25, -0.2) is 8.42 Å². The first-order valence-electron chi connectivity index (χ1n) is 7.08. The molecular weight excluding hydrogens is 314 g/mol. The SMILES string of the molecule is CCNC(c1sccc1Cl)C1CCCC(S(C)(=O)=O)C1. The van der Waals surface area contributed by atoms with E-state index in [0.29, 0.717) is 5.92 Å². The molecule has 0 aromatic carbocycles. The van der Waals surface area contributed by atoms with Crippen LogP contribution < -0.4 is 5.32 Å². The minimum atomic E-state index is -2.94. The summed E-state index contributed by atoms with van der Waals surface area (Å²) < 4.78 is 23.6. The summed E-state index contributed by atoms with van der Waals surface area (Å²) in [4.78, 5) is 1.15. The first kappa shape index (κ1) is 16.3. The fourth-order valence-electron chi connectivity index (χ4n) is 3.09. The molecule has 0 saturated heterocycles. The van der Waals surface area contributed by atoms with Crippen molar-refractivity contribution in [1.82, 2.24) is 5.32 Å². The van der Waals surface area contributed by atoms with Crippen LogP contribution in [0.15, 0.2) is 11.4 Å². The maximum Gasteiger partial charge on any atom is 0.150 e. The van der Waals surface area contributed by atoms with Crippen LogP contribution >= 0.6 is 22.9 Å². The fraction of sp³-hybridized carbons (Fsp3) is 0.714. The van der Waals surface area contributed by atoms with Crippen LogP contribution in [0.25, 0.3) is 0 Å². The summed E-state index contributed by atoms with van der Waals surface area (Å²) in [5, 5.41) is 6.10. The molecule has 114 valence electrons. The second-order valence-electron chi connectivity index (χ2n) is 5.55. The fourth-order valence-corrected chi connectivity index (χ4v) is 5.63. The molecule has 1 N–H and O–H groups in total. The van der Waals surface area contributed by atoms with Gasteiger partial charge in [0.2, 0.25) is 0 Å². The normalized spacial score (nSPS) is 25.6. The first-order valence-corrected chi connectivity index (χ1v) is 10.3. The molecule has 0 amide bonds. The molecule has 1 fully saturated rings. The minimum Gasteiger partial charge on any atom is -0.309 e. The molecule has 6 heteroatoms. The summed E-state index contributed by atoms with van der Waals surface area (Å²) in [6.45, 7) is 2.93. The first-order chi connectivity index (χ1) is 9.43. The molecule has 1 heterocycles. The molecule has 0 bridgehead atoms. The smallest absolute Gasteiger partial charge is 0.150 e. The highest BCUT2D eigenvalue weighted by Crippen LogP contribution is 2.40. The monoisotopic (exact) mass is 335 g/mol. The average molecular weight is 336 g/mol. The van der Waals surface area contributed by atoms with Crippen molar-refractivity contribution in [1.29, 1.82) is 0 Å². The van der Waals surface area contributed by atoms with Gasteiger partial charge in [0.05, 0.1) is 10.3 Å². The molecular formula is C14H22ClNO2S2. The second kappa shape index (κ2) is 6.77. The van der Waals surface area contributed by atoms with E-state index in [4.69, 9.17) is 11.6 Å². The molecule has 2 rings (SSSR count). The Morgan fingerprint density at radius 2 is 2.25 bits per heavy atom. The Hall–Kier alpha value is -0.100. The van der Waals surface area contributed by atoms with E-state index in [9.17, 15) is 8.42 Å². The molecule has 20 heavy (non-hydrogen) atoms. The van der Waals surface area contributed by atoms with Gasteiger partial charge in [-0.3, -0.25) is 0 Å². The minimum absolute atomic E-state index is 0.178. The third kappa shape index (κ3) is 3.75. The molecule has 0 radical (unpaired) electrons. The van der Waals surface area contributed by atoms with Crippen LogP contribution in [-0.2, 0) is 9.84 Å². The van der Waals surface area contributed by atoms with Gasteiger partial charge in [0.1, 0.15) is 9.84 Å². The molecule has 3 atom stereocenters. The molecule has 1 saturated carbocycles. The van der Waals surface area contributed by atoms with E-state index in [0.717, 1.165) is 42.1 Å². The summed E-state index contributed by atoms with van der Waals surface area (Å²) in [5.74, 6) is 0.347.